The lowest BCUT2D eigenvalue weighted by atomic mass is 10.1. The molecule has 1 N–H and O–H groups in total. The van der Waals surface area contributed by atoms with Crippen LogP contribution < -0.4 is 5.32 Å². The summed E-state index contributed by atoms with van der Waals surface area (Å²) in [5.74, 6) is -0.383. The summed E-state index contributed by atoms with van der Waals surface area (Å²) < 4.78 is 6.66. The molecule has 1 amide bonds. The highest BCUT2D eigenvalue weighted by Gasteiger charge is 2.20. The first-order valence-corrected chi connectivity index (χ1v) is 8.29. The molecule has 7 nitrogen and oxygen atoms in total. The number of hydrogen-bond donors (Lipinski definition) is 1. The van der Waals surface area contributed by atoms with Crippen LogP contribution in [-0.2, 0) is 22.7 Å². The molecule has 1 heterocycles. The molecule has 1 atom stereocenters. The van der Waals surface area contributed by atoms with E-state index in [0.29, 0.717) is 11.6 Å². The van der Waals surface area contributed by atoms with Crippen molar-refractivity contribution in [3.05, 3.63) is 47.3 Å². The van der Waals surface area contributed by atoms with Crippen molar-refractivity contribution in [2.75, 3.05) is 0 Å². The van der Waals surface area contributed by atoms with E-state index in [0.717, 1.165) is 5.56 Å². The zero-order valence-corrected chi connectivity index (χ0v) is 15.0. The van der Waals surface area contributed by atoms with Crippen LogP contribution in [0.15, 0.2) is 30.3 Å². The number of benzene rings is 1. The van der Waals surface area contributed by atoms with E-state index in [-0.39, 0.29) is 30.8 Å². The molecular weight excluding hydrogens is 320 g/mol. The SMILES string of the molecule is Cc1c(C(=O)OCc2ccccc2)nnn1CC(=O)NC(C)C(C)C. The van der Waals surface area contributed by atoms with Gasteiger partial charge in [-0.15, -0.1) is 5.10 Å². The molecule has 2 rings (SSSR count). The Morgan fingerprint density at radius 2 is 1.88 bits per heavy atom. The van der Waals surface area contributed by atoms with Gasteiger partial charge >= 0.3 is 5.97 Å². The normalized spacial score (nSPS) is 12.0. The summed E-state index contributed by atoms with van der Waals surface area (Å²) in [6.07, 6.45) is 0. The average molecular weight is 344 g/mol. The van der Waals surface area contributed by atoms with Gasteiger partial charge in [-0.05, 0) is 25.3 Å². The average Bonchev–Trinajstić information content (AvgIpc) is 2.94. The van der Waals surface area contributed by atoms with Gasteiger partial charge in [0.1, 0.15) is 13.2 Å². The van der Waals surface area contributed by atoms with Crippen molar-refractivity contribution >= 4 is 11.9 Å². The highest BCUT2D eigenvalue weighted by atomic mass is 16.5. The number of rotatable bonds is 7. The van der Waals surface area contributed by atoms with Gasteiger partial charge in [0.15, 0.2) is 5.69 Å². The lowest BCUT2D eigenvalue weighted by molar-refractivity contribution is -0.122. The van der Waals surface area contributed by atoms with Crippen molar-refractivity contribution in [2.45, 2.75) is 46.9 Å². The largest absolute Gasteiger partial charge is 0.456 e. The molecule has 0 bridgehead atoms. The van der Waals surface area contributed by atoms with Crippen molar-refractivity contribution in [3.63, 3.8) is 0 Å². The molecule has 0 saturated heterocycles. The van der Waals surface area contributed by atoms with Crippen molar-refractivity contribution in [2.24, 2.45) is 5.92 Å². The maximum Gasteiger partial charge on any atom is 0.361 e. The fourth-order valence-electron chi connectivity index (χ4n) is 2.09. The molecule has 134 valence electrons. The molecule has 0 aliphatic carbocycles. The van der Waals surface area contributed by atoms with Crippen molar-refractivity contribution in [1.29, 1.82) is 0 Å². The molecule has 0 spiro atoms. The van der Waals surface area contributed by atoms with Crippen LogP contribution in [0.2, 0.25) is 0 Å². The number of nitrogens with zero attached hydrogens (tertiary/aromatic N) is 3. The molecule has 0 aliphatic heterocycles. The van der Waals surface area contributed by atoms with Crippen LogP contribution in [-0.4, -0.2) is 32.9 Å². The van der Waals surface area contributed by atoms with E-state index < -0.39 is 5.97 Å². The number of nitrogens with one attached hydrogen (secondary N) is 1. The van der Waals surface area contributed by atoms with Crippen molar-refractivity contribution in [1.82, 2.24) is 20.3 Å². The summed E-state index contributed by atoms with van der Waals surface area (Å²) in [5.41, 5.74) is 1.52. The van der Waals surface area contributed by atoms with Crippen LogP contribution in [0.3, 0.4) is 0 Å². The lowest BCUT2D eigenvalue weighted by Gasteiger charge is -2.17. The molecule has 25 heavy (non-hydrogen) atoms. The van der Waals surface area contributed by atoms with Crippen molar-refractivity contribution in [3.8, 4) is 0 Å². The van der Waals surface area contributed by atoms with E-state index in [2.05, 4.69) is 15.6 Å². The molecule has 2 aromatic rings. The number of hydrogen-bond acceptors (Lipinski definition) is 5. The Bertz CT molecular complexity index is 725. The van der Waals surface area contributed by atoms with Crippen LogP contribution >= 0.6 is 0 Å². The number of aromatic nitrogens is 3. The van der Waals surface area contributed by atoms with Gasteiger partial charge in [0.2, 0.25) is 5.91 Å². The topological polar surface area (TPSA) is 86.1 Å². The summed E-state index contributed by atoms with van der Waals surface area (Å²) >= 11 is 0. The minimum atomic E-state index is -0.552. The van der Waals surface area contributed by atoms with E-state index in [1.165, 1.54) is 4.68 Å². The minimum Gasteiger partial charge on any atom is -0.456 e. The van der Waals surface area contributed by atoms with Crippen LogP contribution in [0.4, 0.5) is 0 Å². The second-order valence-corrected chi connectivity index (χ2v) is 6.34. The third-order valence-corrected chi connectivity index (χ3v) is 4.07. The van der Waals surface area contributed by atoms with Crippen molar-refractivity contribution < 1.29 is 14.3 Å². The third-order valence-electron chi connectivity index (χ3n) is 4.07. The second kappa shape index (κ2) is 8.41. The second-order valence-electron chi connectivity index (χ2n) is 6.34. The fraction of sp³-hybridized carbons (Fsp3) is 0.444. The highest BCUT2D eigenvalue weighted by molar-refractivity contribution is 5.88. The molecule has 1 unspecified atom stereocenters. The predicted octanol–water partition coefficient (Wildman–Crippen LogP) is 2.10. The first-order valence-electron chi connectivity index (χ1n) is 8.29. The number of esters is 1. The molecular formula is C18H24N4O3. The van der Waals surface area contributed by atoms with Crippen LogP contribution in [0.1, 0.15) is 42.5 Å². The Morgan fingerprint density at radius 1 is 1.20 bits per heavy atom. The van der Waals surface area contributed by atoms with Gasteiger partial charge in [-0.2, -0.15) is 0 Å². The monoisotopic (exact) mass is 344 g/mol. The maximum absolute atomic E-state index is 12.2. The molecule has 0 saturated carbocycles. The van der Waals surface area contributed by atoms with Gasteiger partial charge in [0.05, 0.1) is 5.69 Å². The Morgan fingerprint density at radius 3 is 2.52 bits per heavy atom. The van der Waals surface area contributed by atoms with E-state index >= 15 is 0 Å². The lowest BCUT2D eigenvalue weighted by Crippen LogP contribution is -2.38. The van der Waals surface area contributed by atoms with Gasteiger partial charge < -0.3 is 10.1 Å². The van der Waals surface area contributed by atoms with Gasteiger partial charge in [-0.1, -0.05) is 49.4 Å². The van der Waals surface area contributed by atoms with Crippen LogP contribution in [0.25, 0.3) is 0 Å². The maximum atomic E-state index is 12.2. The van der Waals surface area contributed by atoms with E-state index in [9.17, 15) is 9.59 Å². The smallest absolute Gasteiger partial charge is 0.361 e. The third kappa shape index (κ3) is 5.14. The first kappa shape index (κ1) is 18.6. The number of amides is 1. The Hall–Kier alpha value is -2.70. The zero-order chi connectivity index (χ0) is 18.4. The fourth-order valence-corrected chi connectivity index (χ4v) is 2.09. The molecule has 1 aromatic carbocycles. The zero-order valence-electron chi connectivity index (χ0n) is 15.0. The quantitative estimate of drug-likeness (QED) is 0.778. The van der Waals surface area contributed by atoms with Gasteiger partial charge in [0, 0.05) is 6.04 Å². The number of ether oxygens (including phenoxy) is 1. The van der Waals surface area contributed by atoms with Gasteiger partial charge in [0.25, 0.3) is 0 Å². The molecule has 0 fully saturated rings. The summed E-state index contributed by atoms with van der Waals surface area (Å²) in [7, 11) is 0. The Labute approximate surface area is 147 Å². The Balaban J connectivity index is 1.95. The number of carbonyl (C=O) groups is 2. The first-order chi connectivity index (χ1) is 11.9. The Kier molecular flexibility index (Phi) is 6.27. The van der Waals surface area contributed by atoms with Crippen LogP contribution in [0, 0.1) is 12.8 Å². The summed E-state index contributed by atoms with van der Waals surface area (Å²) in [6.45, 7) is 7.89. The summed E-state index contributed by atoms with van der Waals surface area (Å²) in [6, 6.07) is 9.45. The standard InChI is InChI=1S/C18H24N4O3/c1-12(2)13(3)19-16(23)10-22-14(4)17(20-21-22)18(24)25-11-15-8-6-5-7-9-15/h5-9,12-13H,10-11H2,1-4H3,(H,19,23). The van der Waals surface area contributed by atoms with Gasteiger partial charge in [-0.25, -0.2) is 9.48 Å². The van der Waals surface area contributed by atoms with E-state index in [1.807, 2.05) is 51.1 Å². The van der Waals surface area contributed by atoms with Crippen LogP contribution in [0.5, 0.6) is 0 Å². The highest BCUT2D eigenvalue weighted by Crippen LogP contribution is 2.09. The molecule has 0 aliphatic rings. The summed E-state index contributed by atoms with van der Waals surface area (Å²) in [4.78, 5) is 24.2. The van der Waals surface area contributed by atoms with E-state index in [4.69, 9.17) is 4.74 Å². The molecule has 7 heteroatoms. The molecule has 0 radical (unpaired) electrons. The summed E-state index contributed by atoms with van der Waals surface area (Å²) in [5, 5.41) is 10.6. The predicted molar refractivity (Wildman–Crippen MR) is 92.8 cm³/mol. The minimum absolute atomic E-state index is 0.0157. The van der Waals surface area contributed by atoms with Gasteiger partial charge in [-0.3, -0.25) is 4.79 Å². The van der Waals surface area contributed by atoms with E-state index in [1.54, 1.807) is 6.92 Å². The number of carbonyl (C=O) groups excluding carboxylic acids is 2. The molecule has 1 aromatic heterocycles.